The Morgan fingerprint density at radius 3 is 1.70 bits per heavy atom. The lowest BCUT2D eigenvalue weighted by molar-refractivity contribution is 1.17. The second-order valence-corrected chi connectivity index (χ2v) is 14.9. The minimum Gasteiger partial charge on any atom is -0.310 e. The first-order valence-electron chi connectivity index (χ1n) is 19.3. The molecule has 2 heteroatoms. The summed E-state index contributed by atoms with van der Waals surface area (Å²) >= 11 is 0. The standard InChI is InChI=1S/C54H34N2/c1-2-17-42-35(12-1)26-27-38-32-37(28-29-43(38)42)36-13-9-14-39(33-36)55(53-31-30-49-45-19-4-3-18-44(45)48-22-11-23-50(53)54(48)49)40-15-10-16-41(34-40)56-51-24-7-5-20-46(51)47-21-6-8-25-52(47)56/h1-34H. The van der Waals surface area contributed by atoms with Crippen LogP contribution in [0.4, 0.5) is 17.1 Å². The van der Waals surface area contributed by atoms with Gasteiger partial charge in [-0.2, -0.15) is 0 Å². The highest BCUT2D eigenvalue weighted by molar-refractivity contribution is 6.19. The first-order chi connectivity index (χ1) is 27.8. The van der Waals surface area contributed by atoms with Crippen LogP contribution in [0.15, 0.2) is 206 Å². The Morgan fingerprint density at radius 1 is 0.321 bits per heavy atom. The zero-order chi connectivity index (χ0) is 36.7. The van der Waals surface area contributed by atoms with Crippen molar-refractivity contribution in [3.63, 3.8) is 0 Å². The number of para-hydroxylation sites is 2. The first-order valence-corrected chi connectivity index (χ1v) is 19.3. The van der Waals surface area contributed by atoms with E-state index < -0.39 is 0 Å². The van der Waals surface area contributed by atoms with Crippen molar-refractivity contribution in [3.05, 3.63) is 206 Å². The van der Waals surface area contributed by atoms with E-state index in [0.717, 1.165) is 22.7 Å². The fourth-order valence-corrected chi connectivity index (χ4v) is 9.40. The lowest BCUT2D eigenvalue weighted by atomic mass is 9.97. The van der Waals surface area contributed by atoms with Crippen LogP contribution in [0, 0.1) is 0 Å². The predicted molar refractivity (Wildman–Crippen MR) is 238 cm³/mol. The van der Waals surface area contributed by atoms with Gasteiger partial charge in [0.25, 0.3) is 0 Å². The molecule has 0 aliphatic heterocycles. The molecule has 0 N–H and O–H groups in total. The van der Waals surface area contributed by atoms with Crippen LogP contribution in [0.1, 0.15) is 0 Å². The zero-order valence-corrected chi connectivity index (χ0v) is 30.5. The van der Waals surface area contributed by atoms with Gasteiger partial charge in [0, 0.05) is 33.2 Å². The monoisotopic (exact) mass is 710 g/mol. The summed E-state index contributed by atoms with van der Waals surface area (Å²) in [5.74, 6) is 0. The van der Waals surface area contributed by atoms with Crippen LogP contribution in [0.3, 0.4) is 0 Å². The molecule has 0 radical (unpaired) electrons. The number of aromatic nitrogens is 1. The Kier molecular flexibility index (Phi) is 6.66. The maximum Gasteiger partial charge on any atom is 0.0541 e. The molecule has 0 bridgehead atoms. The summed E-state index contributed by atoms with van der Waals surface area (Å²) in [6.45, 7) is 0. The third kappa shape index (κ3) is 4.57. The van der Waals surface area contributed by atoms with Gasteiger partial charge in [-0.15, -0.1) is 0 Å². The normalized spacial score (nSPS) is 11.9. The minimum absolute atomic E-state index is 1.10. The summed E-state index contributed by atoms with van der Waals surface area (Å²) in [5, 5.41) is 10.1. The van der Waals surface area contributed by atoms with Crippen molar-refractivity contribution >= 4 is 71.2 Å². The van der Waals surface area contributed by atoms with E-state index in [2.05, 4.69) is 216 Å². The van der Waals surface area contributed by atoms with Gasteiger partial charge in [-0.25, -0.2) is 0 Å². The van der Waals surface area contributed by atoms with E-state index in [-0.39, 0.29) is 0 Å². The van der Waals surface area contributed by atoms with Gasteiger partial charge >= 0.3 is 0 Å². The summed E-state index contributed by atoms with van der Waals surface area (Å²) in [6, 6.07) is 75.9. The van der Waals surface area contributed by atoms with Crippen molar-refractivity contribution in [2.24, 2.45) is 0 Å². The first kappa shape index (κ1) is 31.0. The van der Waals surface area contributed by atoms with Gasteiger partial charge in [0.1, 0.15) is 0 Å². The van der Waals surface area contributed by atoms with Gasteiger partial charge < -0.3 is 9.47 Å². The van der Waals surface area contributed by atoms with Crippen molar-refractivity contribution < 1.29 is 0 Å². The fourth-order valence-electron chi connectivity index (χ4n) is 9.40. The largest absolute Gasteiger partial charge is 0.310 e. The second kappa shape index (κ2) is 12.0. The highest BCUT2D eigenvalue weighted by Crippen LogP contribution is 2.51. The summed E-state index contributed by atoms with van der Waals surface area (Å²) in [6.07, 6.45) is 0. The van der Waals surface area contributed by atoms with Crippen LogP contribution in [0.2, 0.25) is 0 Å². The van der Waals surface area contributed by atoms with Crippen molar-refractivity contribution in [1.29, 1.82) is 0 Å². The number of fused-ring (bicyclic) bond motifs is 9. The summed E-state index contributed by atoms with van der Waals surface area (Å²) in [4.78, 5) is 2.46. The molecule has 0 atom stereocenters. The summed E-state index contributed by atoms with van der Waals surface area (Å²) in [5.41, 5.74) is 14.5. The lowest BCUT2D eigenvalue weighted by Crippen LogP contribution is -2.11. The minimum atomic E-state index is 1.10. The Morgan fingerprint density at radius 2 is 0.893 bits per heavy atom. The molecule has 0 fully saturated rings. The Balaban J connectivity index is 1.08. The Bertz CT molecular complexity index is 3300. The molecule has 0 spiro atoms. The Labute approximate surface area is 324 Å². The average molecular weight is 711 g/mol. The zero-order valence-electron chi connectivity index (χ0n) is 30.5. The third-order valence-corrected chi connectivity index (χ3v) is 11.9. The number of hydrogen-bond donors (Lipinski definition) is 0. The fraction of sp³-hybridized carbons (Fsp3) is 0. The van der Waals surface area contributed by atoms with E-state index in [1.165, 1.54) is 87.5 Å². The van der Waals surface area contributed by atoms with E-state index >= 15 is 0 Å². The highest BCUT2D eigenvalue weighted by Gasteiger charge is 2.25. The molecule has 1 aromatic heterocycles. The molecule has 11 aromatic rings. The molecule has 12 rings (SSSR count). The van der Waals surface area contributed by atoms with Crippen molar-refractivity contribution in [3.8, 4) is 39.1 Å². The van der Waals surface area contributed by atoms with Crippen LogP contribution < -0.4 is 4.90 Å². The molecule has 56 heavy (non-hydrogen) atoms. The molecule has 0 saturated carbocycles. The summed E-state index contributed by atoms with van der Waals surface area (Å²) < 4.78 is 2.41. The van der Waals surface area contributed by atoms with Crippen LogP contribution in [0.5, 0.6) is 0 Å². The van der Waals surface area contributed by atoms with Crippen LogP contribution in [-0.2, 0) is 0 Å². The molecule has 0 saturated heterocycles. The number of rotatable bonds is 5. The van der Waals surface area contributed by atoms with Gasteiger partial charge in [-0.05, 0) is 115 Å². The molecule has 1 heterocycles. The van der Waals surface area contributed by atoms with Gasteiger partial charge in [-0.3, -0.25) is 0 Å². The van der Waals surface area contributed by atoms with Crippen LogP contribution in [-0.4, -0.2) is 4.57 Å². The number of nitrogens with zero attached hydrogens (tertiary/aromatic N) is 2. The molecule has 1 aliphatic carbocycles. The number of anilines is 3. The second-order valence-electron chi connectivity index (χ2n) is 14.9. The molecule has 1 aliphatic rings. The van der Waals surface area contributed by atoms with Crippen molar-refractivity contribution in [2.75, 3.05) is 4.90 Å². The molecule has 10 aromatic carbocycles. The van der Waals surface area contributed by atoms with Gasteiger partial charge in [-0.1, -0.05) is 152 Å². The number of benzene rings is 10. The van der Waals surface area contributed by atoms with E-state index in [1.807, 2.05) is 0 Å². The van der Waals surface area contributed by atoms with Crippen LogP contribution >= 0.6 is 0 Å². The van der Waals surface area contributed by atoms with E-state index in [9.17, 15) is 0 Å². The van der Waals surface area contributed by atoms with Crippen molar-refractivity contribution in [1.82, 2.24) is 4.57 Å². The molecule has 0 amide bonds. The molecular weight excluding hydrogens is 677 g/mol. The SMILES string of the molecule is c1cc(-c2ccc3c(ccc4ccccc43)c2)cc(N(c2cccc(-n3c4ccccc4c4ccccc43)c2)c2ccc3c4c(cccc24)-c2ccccc2-3)c1. The molecular formula is C54H34N2. The molecule has 260 valence electrons. The van der Waals surface area contributed by atoms with Gasteiger partial charge in [0.2, 0.25) is 0 Å². The maximum absolute atomic E-state index is 2.46. The van der Waals surface area contributed by atoms with Gasteiger partial charge in [0.15, 0.2) is 0 Å². The molecule has 2 nitrogen and oxygen atoms in total. The topological polar surface area (TPSA) is 8.17 Å². The summed E-state index contributed by atoms with van der Waals surface area (Å²) in [7, 11) is 0. The average Bonchev–Trinajstić information content (AvgIpc) is 3.78. The predicted octanol–water partition coefficient (Wildman–Crippen LogP) is 15.0. The van der Waals surface area contributed by atoms with Gasteiger partial charge in [0.05, 0.1) is 16.7 Å². The van der Waals surface area contributed by atoms with Crippen LogP contribution in [0.25, 0.3) is 93.2 Å². The quantitative estimate of drug-likeness (QED) is 0.161. The lowest BCUT2D eigenvalue weighted by Gasteiger charge is -2.28. The van der Waals surface area contributed by atoms with E-state index in [1.54, 1.807) is 0 Å². The Hall–Kier alpha value is -7.42. The molecule has 0 unspecified atom stereocenters. The maximum atomic E-state index is 2.46. The van der Waals surface area contributed by atoms with Crippen molar-refractivity contribution in [2.45, 2.75) is 0 Å². The van der Waals surface area contributed by atoms with E-state index in [4.69, 9.17) is 0 Å². The smallest absolute Gasteiger partial charge is 0.0541 e. The third-order valence-electron chi connectivity index (χ3n) is 11.9. The number of hydrogen-bond acceptors (Lipinski definition) is 1. The van der Waals surface area contributed by atoms with E-state index in [0.29, 0.717) is 0 Å². The highest BCUT2D eigenvalue weighted by atomic mass is 15.1.